The Hall–Kier alpha value is -2.34. The molecule has 2 heterocycles. The highest BCUT2D eigenvalue weighted by atomic mass is 16.5. The van der Waals surface area contributed by atoms with Crippen molar-refractivity contribution in [3.05, 3.63) is 41.3 Å². The first-order valence-corrected chi connectivity index (χ1v) is 7.22. The van der Waals surface area contributed by atoms with Gasteiger partial charge >= 0.3 is 0 Å². The van der Waals surface area contributed by atoms with Crippen molar-refractivity contribution in [3.63, 3.8) is 0 Å². The topological polar surface area (TPSA) is 73.5 Å². The van der Waals surface area contributed by atoms with Crippen LogP contribution in [-0.4, -0.2) is 35.6 Å². The van der Waals surface area contributed by atoms with Gasteiger partial charge in [-0.25, -0.2) is 9.97 Å². The van der Waals surface area contributed by atoms with E-state index in [0.29, 0.717) is 5.82 Å². The Morgan fingerprint density at radius 3 is 2.86 bits per heavy atom. The number of benzene rings is 1. The molecule has 22 heavy (non-hydrogen) atoms. The first kappa shape index (κ1) is 14.6. The van der Waals surface area contributed by atoms with Gasteiger partial charge in [0.2, 0.25) is 0 Å². The Morgan fingerprint density at radius 1 is 1.23 bits per heavy atom. The zero-order chi connectivity index (χ0) is 15.5. The minimum atomic E-state index is 0.603. The fourth-order valence-electron chi connectivity index (χ4n) is 2.79. The number of hydrogen-bond acceptors (Lipinski definition) is 6. The average molecular weight is 300 g/mol. The lowest BCUT2D eigenvalue weighted by atomic mass is 10.0. The van der Waals surface area contributed by atoms with Gasteiger partial charge in [0.1, 0.15) is 23.6 Å². The van der Waals surface area contributed by atoms with E-state index in [1.165, 1.54) is 6.33 Å². The zero-order valence-corrected chi connectivity index (χ0v) is 12.9. The maximum atomic E-state index is 5.91. The summed E-state index contributed by atoms with van der Waals surface area (Å²) in [5, 5.41) is 0. The van der Waals surface area contributed by atoms with E-state index < -0.39 is 0 Å². The van der Waals surface area contributed by atoms with Crippen LogP contribution in [0.1, 0.15) is 16.8 Å². The molecular weight excluding hydrogens is 280 g/mol. The number of fused-ring (bicyclic) bond motifs is 1. The molecular formula is C16H20N4O2. The van der Waals surface area contributed by atoms with Crippen LogP contribution in [-0.2, 0) is 19.5 Å². The Balaban J connectivity index is 1.78. The van der Waals surface area contributed by atoms with Crippen molar-refractivity contribution in [2.75, 3.05) is 26.5 Å². The summed E-state index contributed by atoms with van der Waals surface area (Å²) in [7, 11) is 3.33. The summed E-state index contributed by atoms with van der Waals surface area (Å²) in [4.78, 5) is 10.8. The van der Waals surface area contributed by atoms with Gasteiger partial charge in [0.15, 0.2) is 0 Å². The van der Waals surface area contributed by atoms with E-state index in [4.69, 9.17) is 15.2 Å². The number of anilines is 1. The molecule has 116 valence electrons. The highest BCUT2D eigenvalue weighted by Crippen LogP contribution is 2.28. The van der Waals surface area contributed by atoms with Crippen LogP contribution in [0.5, 0.6) is 11.5 Å². The van der Waals surface area contributed by atoms with Gasteiger partial charge in [0, 0.05) is 36.8 Å². The van der Waals surface area contributed by atoms with Gasteiger partial charge < -0.3 is 15.2 Å². The number of hydrogen-bond donors (Lipinski definition) is 1. The molecule has 3 rings (SSSR count). The number of nitrogen functional groups attached to an aromatic ring is 1. The van der Waals surface area contributed by atoms with E-state index >= 15 is 0 Å². The van der Waals surface area contributed by atoms with Crippen molar-refractivity contribution in [3.8, 4) is 11.5 Å². The van der Waals surface area contributed by atoms with Crippen LogP contribution in [0.2, 0.25) is 0 Å². The predicted molar refractivity (Wildman–Crippen MR) is 83.8 cm³/mol. The molecule has 2 N–H and O–H groups in total. The molecule has 0 amide bonds. The minimum absolute atomic E-state index is 0.603. The van der Waals surface area contributed by atoms with Crippen molar-refractivity contribution >= 4 is 5.82 Å². The van der Waals surface area contributed by atoms with E-state index in [-0.39, 0.29) is 0 Å². The number of rotatable bonds is 4. The lowest BCUT2D eigenvalue weighted by Gasteiger charge is -2.28. The zero-order valence-electron chi connectivity index (χ0n) is 12.9. The molecule has 0 radical (unpaired) electrons. The highest BCUT2D eigenvalue weighted by Gasteiger charge is 2.20. The van der Waals surface area contributed by atoms with Gasteiger partial charge in [-0.05, 0) is 12.5 Å². The second-order valence-electron chi connectivity index (χ2n) is 5.32. The van der Waals surface area contributed by atoms with Crippen LogP contribution in [0, 0.1) is 0 Å². The SMILES string of the molecule is COc1ccc(CN2CCc3c(N)ncnc3C2)c(OC)c1. The molecule has 0 aliphatic carbocycles. The van der Waals surface area contributed by atoms with Gasteiger partial charge in [-0.2, -0.15) is 0 Å². The summed E-state index contributed by atoms with van der Waals surface area (Å²) in [5.41, 5.74) is 9.15. The molecule has 0 bridgehead atoms. The van der Waals surface area contributed by atoms with Gasteiger partial charge in [-0.3, -0.25) is 4.90 Å². The number of nitrogens with zero attached hydrogens (tertiary/aromatic N) is 3. The third kappa shape index (κ3) is 2.82. The average Bonchev–Trinajstić information content (AvgIpc) is 2.55. The summed E-state index contributed by atoms with van der Waals surface area (Å²) in [6, 6.07) is 5.91. The predicted octanol–water partition coefficient (Wildman–Crippen LogP) is 1.63. The van der Waals surface area contributed by atoms with E-state index in [2.05, 4.69) is 14.9 Å². The Kier molecular flexibility index (Phi) is 4.11. The number of aromatic nitrogens is 2. The van der Waals surface area contributed by atoms with Crippen LogP contribution < -0.4 is 15.2 Å². The monoisotopic (exact) mass is 300 g/mol. The Morgan fingerprint density at radius 2 is 2.09 bits per heavy atom. The molecule has 0 fully saturated rings. The van der Waals surface area contributed by atoms with Crippen molar-refractivity contribution in [2.24, 2.45) is 0 Å². The van der Waals surface area contributed by atoms with Crippen LogP contribution in [0.3, 0.4) is 0 Å². The molecule has 6 heteroatoms. The minimum Gasteiger partial charge on any atom is -0.497 e. The molecule has 1 aromatic carbocycles. The molecule has 0 spiro atoms. The van der Waals surface area contributed by atoms with Gasteiger partial charge in [-0.1, -0.05) is 6.07 Å². The molecule has 0 atom stereocenters. The van der Waals surface area contributed by atoms with E-state index in [1.807, 2.05) is 18.2 Å². The van der Waals surface area contributed by atoms with Crippen molar-refractivity contribution in [1.29, 1.82) is 0 Å². The molecule has 0 unspecified atom stereocenters. The maximum Gasteiger partial charge on any atom is 0.130 e. The summed E-state index contributed by atoms with van der Waals surface area (Å²) >= 11 is 0. The smallest absolute Gasteiger partial charge is 0.130 e. The molecule has 2 aromatic rings. The van der Waals surface area contributed by atoms with Crippen LogP contribution >= 0.6 is 0 Å². The fraction of sp³-hybridized carbons (Fsp3) is 0.375. The summed E-state index contributed by atoms with van der Waals surface area (Å²) < 4.78 is 10.7. The van der Waals surface area contributed by atoms with E-state index in [0.717, 1.165) is 54.4 Å². The van der Waals surface area contributed by atoms with Crippen LogP contribution in [0.4, 0.5) is 5.82 Å². The van der Waals surface area contributed by atoms with Crippen LogP contribution in [0.15, 0.2) is 24.5 Å². The number of ether oxygens (including phenoxy) is 2. The molecule has 6 nitrogen and oxygen atoms in total. The standard InChI is InChI=1S/C16H20N4O2/c1-21-12-4-3-11(15(7-12)22-2)8-20-6-5-13-14(9-20)18-10-19-16(13)17/h3-4,7,10H,5-6,8-9H2,1-2H3,(H2,17,18,19). The molecule has 0 saturated heterocycles. The van der Waals surface area contributed by atoms with Gasteiger partial charge in [0.05, 0.1) is 19.9 Å². The Labute approximate surface area is 129 Å². The van der Waals surface area contributed by atoms with Gasteiger partial charge in [0.25, 0.3) is 0 Å². The van der Waals surface area contributed by atoms with Crippen molar-refractivity contribution < 1.29 is 9.47 Å². The quantitative estimate of drug-likeness (QED) is 0.925. The third-order valence-corrected chi connectivity index (χ3v) is 4.01. The summed E-state index contributed by atoms with van der Waals surface area (Å²) in [6.45, 7) is 2.51. The van der Waals surface area contributed by atoms with Crippen LogP contribution in [0.25, 0.3) is 0 Å². The lowest BCUT2D eigenvalue weighted by molar-refractivity contribution is 0.237. The summed E-state index contributed by atoms with van der Waals surface area (Å²) in [6.07, 6.45) is 2.41. The number of methoxy groups -OCH3 is 2. The largest absolute Gasteiger partial charge is 0.497 e. The van der Waals surface area contributed by atoms with Crippen molar-refractivity contribution in [1.82, 2.24) is 14.9 Å². The second-order valence-corrected chi connectivity index (χ2v) is 5.32. The normalized spacial score (nSPS) is 14.5. The first-order valence-electron chi connectivity index (χ1n) is 7.22. The fourth-order valence-corrected chi connectivity index (χ4v) is 2.79. The maximum absolute atomic E-state index is 5.91. The molecule has 1 aromatic heterocycles. The molecule has 1 aliphatic rings. The molecule has 0 saturated carbocycles. The highest BCUT2D eigenvalue weighted by molar-refractivity contribution is 5.43. The second kappa shape index (κ2) is 6.19. The number of nitrogens with two attached hydrogens (primary N) is 1. The summed E-state index contributed by atoms with van der Waals surface area (Å²) in [5.74, 6) is 2.24. The Bertz CT molecular complexity index is 675. The van der Waals surface area contributed by atoms with Gasteiger partial charge in [-0.15, -0.1) is 0 Å². The van der Waals surface area contributed by atoms with E-state index in [1.54, 1.807) is 14.2 Å². The lowest BCUT2D eigenvalue weighted by Crippen LogP contribution is -2.31. The first-order chi connectivity index (χ1) is 10.7. The third-order valence-electron chi connectivity index (χ3n) is 4.01. The van der Waals surface area contributed by atoms with Crippen molar-refractivity contribution in [2.45, 2.75) is 19.5 Å². The van der Waals surface area contributed by atoms with E-state index in [9.17, 15) is 0 Å². The molecule has 1 aliphatic heterocycles.